The lowest BCUT2D eigenvalue weighted by atomic mass is 10.2. The Bertz CT molecular complexity index is 697. The van der Waals surface area contributed by atoms with Gasteiger partial charge in [-0.1, -0.05) is 12.1 Å². The zero-order chi connectivity index (χ0) is 16.1. The average Bonchev–Trinajstić information content (AvgIpc) is 2.34. The van der Waals surface area contributed by atoms with Crippen LogP contribution in [0.15, 0.2) is 24.3 Å². The number of nitro groups is 1. The van der Waals surface area contributed by atoms with Crippen LogP contribution in [0.25, 0.3) is 0 Å². The van der Waals surface area contributed by atoms with E-state index in [0.29, 0.717) is 5.56 Å². The lowest BCUT2D eigenvalue weighted by Crippen LogP contribution is -2.28. The molecule has 0 saturated carbocycles. The van der Waals surface area contributed by atoms with Crippen molar-refractivity contribution in [1.29, 1.82) is 0 Å². The van der Waals surface area contributed by atoms with Crippen molar-refractivity contribution < 1.29 is 21.8 Å². The Morgan fingerprint density at radius 1 is 1.14 bits per heavy atom. The fourth-order valence-electron chi connectivity index (χ4n) is 1.49. The Hall–Kier alpha value is -1.56. The fourth-order valence-corrected chi connectivity index (χ4v) is 3.22. The Balaban J connectivity index is 2.54. The van der Waals surface area contributed by atoms with E-state index in [1.807, 2.05) is 0 Å². The van der Waals surface area contributed by atoms with Gasteiger partial charge in [-0.3, -0.25) is 10.1 Å². The van der Waals surface area contributed by atoms with Crippen molar-refractivity contribution in [1.82, 2.24) is 4.72 Å². The van der Waals surface area contributed by atoms with Crippen LogP contribution < -0.4 is 9.86 Å². The normalized spacial score (nSPS) is 12.2. The summed E-state index contributed by atoms with van der Waals surface area (Å²) < 4.78 is 47.0. The van der Waals surface area contributed by atoms with Crippen molar-refractivity contribution in [3.63, 3.8) is 0 Å². The molecule has 1 aromatic carbocycles. The van der Waals surface area contributed by atoms with Crippen LogP contribution >= 0.6 is 0 Å². The molecular formula is C10H15N3O6S2. The van der Waals surface area contributed by atoms with Crippen molar-refractivity contribution in [3.05, 3.63) is 39.9 Å². The summed E-state index contributed by atoms with van der Waals surface area (Å²) in [6.45, 7) is -0.0499. The number of hydrogen-bond donors (Lipinski definition) is 2. The first-order chi connectivity index (χ1) is 9.59. The van der Waals surface area contributed by atoms with Gasteiger partial charge in [0.1, 0.15) is 0 Å². The molecule has 0 aliphatic heterocycles. The largest absolute Gasteiger partial charge is 0.269 e. The molecule has 0 aromatic heterocycles. The third-order valence-electron chi connectivity index (χ3n) is 2.43. The second kappa shape index (κ2) is 6.93. The molecule has 0 spiro atoms. The minimum atomic E-state index is -3.64. The van der Waals surface area contributed by atoms with E-state index in [1.165, 1.54) is 24.3 Å². The van der Waals surface area contributed by atoms with Gasteiger partial charge in [-0.15, -0.1) is 0 Å². The lowest BCUT2D eigenvalue weighted by molar-refractivity contribution is -0.384. The van der Waals surface area contributed by atoms with Crippen LogP contribution in [0.1, 0.15) is 12.0 Å². The maximum absolute atomic E-state index is 11.7. The topological polar surface area (TPSA) is 149 Å². The smallest absolute Gasteiger partial charge is 0.258 e. The van der Waals surface area contributed by atoms with E-state index >= 15 is 0 Å². The minimum absolute atomic E-state index is 0.0499. The van der Waals surface area contributed by atoms with Gasteiger partial charge in [0.05, 0.1) is 16.4 Å². The molecule has 11 heteroatoms. The predicted octanol–water partition coefficient (Wildman–Crippen LogP) is -0.307. The highest BCUT2D eigenvalue weighted by Crippen LogP contribution is 2.13. The molecule has 0 atom stereocenters. The summed E-state index contributed by atoms with van der Waals surface area (Å²) >= 11 is 0. The fraction of sp³-hybridized carbons (Fsp3) is 0.400. The van der Waals surface area contributed by atoms with Crippen LogP contribution in [0.4, 0.5) is 5.69 Å². The highest BCUT2D eigenvalue weighted by Gasteiger charge is 2.13. The van der Waals surface area contributed by atoms with E-state index in [2.05, 4.69) is 4.72 Å². The van der Waals surface area contributed by atoms with Crippen molar-refractivity contribution in [3.8, 4) is 0 Å². The number of benzene rings is 1. The highest BCUT2D eigenvalue weighted by atomic mass is 32.2. The number of non-ortho nitro benzene ring substituents is 1. The summed E-state index contributed by atoms with van der Waals surface area (Å²) in [5, 5.41) is 15.3. The van der Waals surface area contributed by atoms with Gasteiger partial charge in [-0.05, 0) is 12.0 Å². The molecule has 0 bridgehead atoms. The van der Waals surface area contributed by atoms with Crippen LogP contribution in [-0.4, -0.2) is 34.1 Å². The van der Waals surface area contributed by atoms with Crippen LogP contribution in [0, 0.1) is 10.1 Å². The molecule has 1 rings (SSSR count). The van der Waals surface area contributed by atoms with Gasteiger partial charge in [0.25, 0.3) is 5.69 Å². The minimum Gasteiger partial charge on any atom is -0.258 e. The highest BCUT2D eigenvalue weighted by molar-refractivity contribution is 7.89. The SMILES string of the molecule is NS(=O)(=O)CCCNS(=O)(=O)Cc1ccc([N+](=O)[O-])cc1. The number of nitrogens with one attached hydrogen (secondary N) is 1. The van der Waals surface area contributed by atoms with Crippen molar-refractivity contribution >= 4 is 25.7 Å². The van der Waals surface area contributed by atoms with Crippen molar-refractivity contribution in [2.45, 2.75) is 12.2 Å². The average molecular weight is 337 g/mol. The van der Waals surface area contributed by atoms with E-state index < -0.39 is 25.0 Å². The van der Waals surface area contributed by atoms with Gasteiger partial charge in [-0.2, -0.15) is 0 Å². The van der Waals surface area contributed by atoms with Gasteiger partial charge in [0.2, 0.25) is 20.0 Å². The molecule has 0 amide bonds. The Morgan fingerprint density at radius 2 is 1.71 bits per heavy atom. The second-order valence-electron chi connectivity index (χ2n) is 4.30. The molecule has 0 saturated heterocycles. The van der Waals surface area contributed by atoms with E-state index in [-0.39, 0.29) is 30.2 Å². The first-order valence-electron chi connectivity index (χ1n) is 5.80. The summed E-state index contributed by atoms with van der Waals surface area (Å²) in [7, 11) is -7.25. The summed E-state index contributed by atoms with van der Waals surface area (Å²) in [6, 6.07) is 5.13. The zero-order valence-corrected chi connectivity index (χ0v) is 12.6. The van der Waals surface area contributed by atoms with E-state index in [1.54, 1.807) is 0 Å². The molecule has 9 nitrogen and oxygen atoms in total. The van der Waals surface area contributed by atoms with Gasteiger partial charge in [0.15, 0.2) is 0 Å². The molecule has 0 aliphatic rings. The first-order valence-corrected chi connectivity index (χ1v) is 9.17. The summed E-state index contributed by atoms with van der Waals surface area (Å²) in [6.07, 6.45) is 0.0678. The van der Waals surface area contributed by atoms with Crippen LogP contribution in [0.5, 0.6) is 0 Å². The molecule has 0 fully saturated rings. The Kier molecular flexibility index (Phi) is 5.78. The third kappa shape index (κ3) is 7.13. The molecule has 21 heavy (non-hydrogen) atoms. The maximum atomic E-state index is 11.7. The molecule has 0 radical (unpaired) electrons. The number of nitrogens with two attached hydrogens (primary N) is 1. The maximum Gasteiger partial charge on any atom is 0.269 e. The van der Waals surface area contributed by atoms with Crippen LogP contribution in [0.3, 0.4) is 0 Å². The monoisotopic (exact) mass is 337 g/mol. The summed E-state index contributed by atoms with van der Waals surface area (Å²) in [5.74, 6) is -0.659. The van der Waals surface area contributed by atoms with E-state index in [0.717, 1.165) is 0 Å². The molecule has 1 aromatic rings. The van der Waals surface area contributed by atoms with Crippen LogP contribution in [0.2, 0.25) is 0 Å². The summed E-state index contributed by atoms with van der Waals surface area (Å²) in [5.41, 5.74) is 0.261. The van der Waals surface area contributed by atoms with Gasteiger partial charge >= 0.3 is 0 Å². The van der Waals surface area contributed by atoms with Gasteiger partial charge in [-0.25, -0.2) is 26.7 Å². The Morgan fingerprint density at radius 3 is 2.19 bits per heavy atom. The number of nitrogens with zero attached hydrogens (tertiary/aromatic N) is 1. The first kappa shape index (κ1) is 17.5. The van der Waals surface area contributed by atoms with Crippen molar-refractivity contribution in [2.75, 3.05) is 12.3 Å². The molecule has 3 N–H and O–H groups in total. The number of sulfonamides is 2. The molecule has 118 valence electrons. The number of nitro benzene ring substituents is 1. The number of hydrogen-bond acceptors (Lipinski definition) is 6. The number of rotatable bonds is 8. The standard InChI is InChI=1S/C10H15N3O6S2/c11-20(16,17)7-1-6-12-21(18,19)8-9-2-4-10(5-3-9)13(14)15/h2-5,12H,1,6-8H2,(H2,11,16,17). The van der Waals surface area contributed by atoms with Gasteiger partial charge in [0, 0.05) is 18.7 Å². The molecule has 0 unspecified atom stereocenters. The molecule has 0 heterocycles. The lowest BCUT2D eigenvalue weighted by Gasteiger charge is -2.06. The van der Waals surface area contributed by atoms with Crippen LogP contribution in [-0.2, 0) is 25.8 Å². The Labute approximate surface area is 122 Å². The van der Waals surface area contributed by atoms with Crippen molar-refractivity contribution in [2.24, 2.45) is 5.14 Å². The quantitative estimate of drug-likeness (QED) is 0.377. The third-order valence-corrected chi connectivity index (χ3v) is 4.65. The summed E-state index contributed by atoms with van der Waals surface area (Å²) in [4.78, 5) is 9.89. The molecular weight excluding hydrogens is 322 g/mol. The predicted molar refractivity (Wildman–Crippen MR) is 76.3 cm³/mol. The van der Waals surface area contributed by atoms with E-state index in [4.69, 9.17) is 5.14 Å². The zero-order valence-electron chi connectivity index (χ0n) is 10.9. The van der Waals surface area contributed by atoms with E-state index in [9.17, 15) is 26.9 Å². The molecule has 0 aliphatic carbocycles. The number of primary sulfonamides is 1. The second-order valence-corrected chi connectivity index (χ2v) is 7.84. The van der Waals surface area contributed by atoms with Gasteiger partial charge < -0.3 is 0 Å².